The zero-order chi connectivity index (χ0) is 28.7. The summed E-state index contributed by atoms with van der Waals surface area (Å²) < 4.78 is 0. The minimum Gasteiger partial charge on any atom is -0.311 e. The molecule has 0 saturated heterocycles. The second-order valence-corrected chi connectivity index (χ2v) is 10.8. The van der Waals surface area contributed by atoms with E-state index in [1.165, 1.54) is 22.3 Å². The Labute approximate surface area is 250 Å². The van der Waals surface area contributed by atoms with Crippen LogP contribution in [0.15, 0.2) is 158 Å². The minimum absolute atomic E-state index is 0.996. The zero-order valence-electron chi connectivity index (χ0n) is 24.3. The number of benzene rings is 6. The second-order valence-electron chi connectivity index (χ2n) is 10.8. The van der Waals surface area contributed by atoms with Gasteiger partial charge in [-0.25, -0.2) is 0 Å². The van der Waals surface area contributed by atoms with E-state index >= 15 is 0 Å². The van der Waals surface area contributed by atoms with E-state index in [0.29, 0.717) is 0 Å². The first-order valence-corrected chi connectivity index (χ1v) is 14.7. The Balaban J connectivity index is 1.18. The lowest BCUT2D eigenvalue weighted by Crippen LogP contribution is -2.10. The Kier molecular flexibility index (Phi) is 8.14. The SMILES string of the molecule is Cc1ccc(N(c2ccccc2)c2ccc(CCc3ccc(N(c4ccccc4)c4ccc(C)cc4)cc3)cc2)cc1. The number of rotatable bonds is 9. The third-order valence-electron chi connectivity index (χ3n) is 7.70. The van der Waals surface area contributed by atoms with Crippen LogP contribution in [0.4, 0.5) is 34.1 Å². The highest BCUT2D eigenvalue weighted by atomic mass is 15.1. The molecule has 0 fully saturated rings. The molecule has 0 aliphatic carbocycles. The maximum atomic E-state index is 2.31. The van der Waals surface area contributed by atoms with E-state index in [1.54, 1.807) is 0 Å². The van der Waals surface area contributed by atoms with Gasteiger partial charge in [-0.05, 0) is 111 Å². The van der Waals surface area contributed by atoms with Crippen molar-refractivity contribution in [2.45, 2.75) is 26.7 Å². The third-order valence-corrected chi connectivity index (χ3v) is 7.70. The normalized spacial score (nSPS) is 10.8. The molecular weight excluding hydrogens is 508 g/mol. The van der Waals surface area contributed by atoms with Crippen LogP contribution in [0.1, 0.15) is 22.3 Å². The van der Waals surface area contributed by atoms with E-state index < -0.39 is 0 Å². The van der Waals surface area contributed by atoms with Crippen molar-refractivity contribution in [3.05, 3.63) is 180 Å². The molecule has 0 aliphatic rings. The molecule has 0 N–H and O–H groups in total. The molecule has 0 amide bonds. The molecule has 0 spiro atoms. The molecule has 0 unspecified atom stereocenters. The lowest BCUT2D eigenvalue weighted by molar-refractivity contribution is 0.959. The van der Waals surface area contributed by atoms with Gasteiger partial charge in [-0.1, -0.05) is 96.1 Å². The molecule has 0 aromatic heterocycles. The van der Waals surface area contributed by atoms with Crippen LogP contribution in [0.5, 0.6) is 0 Å². The summed E-state index contributed by atoms with van der Waals surface area (Å²) in [5.41, 5.74) is 12.2. The molecular formula is C40H36N2. The first kappa shape index (κ1) is 27.1. The fraction of sp³-hybridized carbons (Fsp3) is 0.100. The van der Waals surface area contributed by atoms with Crippen LogP contribution in [-0.4, -0.2) is 0 Å². The Morgan fingerprint density at radius 3 is 0.881 bits per heavy atom. The molecule has 0 heterocycles. The summed E-state index contributed by atoms with van der Waals surface area (Å²) in [7, 11) is 0. The minimum atomic E-state index is 0.996. The molecule has 6 aromatic rings. The van der Waals surface area contributed by atoms with Gasteiger partial charge in [0, 0.05) is 34.1 Å². The molecule has 42 heavy (non-hydrogen) atoms. The fourth-order valence-corrected chi connectivity index (χ4v) is 5.35. The number of anilines is 6. The van der Waals surface area contributed by atoms with Gasteiger partial charge in [0.1, 0.15) is 0 Å². The summed E-state index contributed by atoms with van der Waals surface area (Å²) >= 11 is 0. The number of aryl methyl sites for hydroxylation is 4. The van der Waals surface area contributed by atoms with Crippen molar-refractivity contribution >= 4 is 34.1 Å². The van der Waals surface area contributed by atoms with Crippen molar-refractivity contribution in [2.75, 3.05) is 9.80 Å². The van der Waals surface area contributed by atoms with E-state index in [4.69, 9.17) is 0 Å². The average Bonchev–Trinajstić information content (AvgIpc) is 3.04. The zero-order valence-corrected chi connectivity index (χ0v) is 24.3. The van der Waals surface area contributed by atoms with Gasteiger partial charge in [-0.15, -0.1) is 0 Å². The summed E-state index contributed by atoms with van der Waals surface area (Å²) in [5.74, 6) is 0. The highest BCUT2D eigenvalue weighted by Crippen LogP contribution is 2.36. The van der Waals surface area contributed by atoms with Crippen molar-refractivity contribution < 1.29 is 0 Å². The van der Waals surface area contributed by atoms with Crippen LogP contribution in [0.3, 0.4) is 0 Å². The quantitative estimate of drug-likeness (QED) is 0.179. The number of para-hydroxylation sites is 2. The smallest absolute Gasteiger partial charge is 0.0461 e. The van der Waals surface area contributed by atoms with Gasteiger partial charge in [0.2, 0.25) is 0 Å². The maximum absolute atomic E-state index is 2.31. The largest absolute Gasteiger partial charge is 0.311 e. The van der Waals surface area contributed by atoms with Crippen LogP contribution in [0, 0.1) is 13.8 Å². The first-order chi connectivity index (χ1) is 20.6. The number of hydrogen-bond acceptors (Lipinski definition) is 2. The van der Waals surface area contributed by atoms with E-state index in [0.717, 1.165) is 47.0 Å². The first-order valence-electron chi connectivity index (χ1n) is 14.7. The Morgan fingerprint density at radius 2 is 0.571 bits per heavy atom. The molecule has 0 radical (unpaired) electrons. The van der Waals surface area contributed by atoms with E-state index in [1.807, 2.05) is 0 Å². The molecule has 6 aromatic carbocycles. The molecule has 0 bridgehead atoms. The summed E-state index contributed by atoms with van der Waals surface area (Å²) in [6.07, 6.45) is 1.99. The predicted molar refractivity (Wildman–Crippen MR) is 179 cm³/mol. The summed E-state index contributed by atoms with van der Waals surface area (Å²) in [5, 5.41) is 0. The van der Waals surface area contributed by atoms with Crippen LogP contribution in [0.2, 0.25) is 0 Å². The molecule has 6 rings (SSSR count). The van der Waals surface area contributed by atoms with Crippen LogP contribution in [-0.2, 0) is 12.8 Å². The number of nitrogens with zero attached hydrogens (tertiary/aromatic N) is 2. The van der Waals surface area contributed by atoms with Gasteiger partial charge in [0.05, 0.1) is 0 Å². The van der Waals surface area contributed by atoms with Gasteiger partial charge >= 0.3 is 0 Å². The molecule has 206 valence electrons. The van der Waals surface area contributed by atoms with Gasteiger partial charge in [-0.2, -0.15) is 0 Å². The maximum Gasteiger partial charge on any atom is 0.0461 e. The number of hydrogen-bond donors (Lipinski definition) is 0. The lowest BCUT2D eigenvalue weighted by Gasteiger charge is -2.26. The van der Waals surface area contributed by atoms with Crippen molar-refractivity contribution in [3.8, 4) is 0 Å². The van der Waals surface area contributed by atoms with Gasteiger partial charge in [0.15, 0.2) is 0 Å². The fourth-order valence-electron chi connectivity index (χ4n) is 5.35. The topological polar surface area (TPSA) is 6.48 Å². The van der Waals surface area contributed by atoms with Crippen molar-refractivity contribution in [3.63, 3.8) is 0 Å². The summed E-state index contributed by atoms with van der Waals surface area (Å²) in [6, 6.07) is 56.6. The predicted octanol–water partition coefficient (Wildman–Crippen LogP) is 11.0. The average molecular weight is 545 g/mol. The van der Waals surface area contributed by atoms with Crippen molar-refractivity contribution in [2.24, 2.45) is 0 Å². The van der Waals surface area contributed by atoms with E-state index in [9.17, 15) is 0 Å². The van der Waals surface area contributed by atoms with Crippen LogP contribution in [0.25, 0.3) is 0 Å². The molecule has 0 aliphatic heterocycles. The van der Waals surface area contributed by atoms with Gasteiger partial charge < -0.3 is 9.80 Å². The summed E-state index contributed by atoms with van der Waals surface area (Å²) in [6.45, 7) is 4.25. The monoisotopic (exact) mass is 544 g/mol. The highest BCUT2D eigenvalue weighted by molar-refractivity contribution is 5.77. The third kappa shape index (κ3) is 6.29. The molecule has 0 saturated carbocycles. The van der Waals surface area contributed by atoms with E-state index in [-0.39, 0.29) is 0 Å². The molecule has 2 nitrogen and oxygen atoms in total. The Hall–Kier alpha value is -5.08. The second kappa shape index (κ2) is 12.6. The van der Waals surface area contributed by atoms with Crippen LogP contribution < -0.4 is 9.80 Å². The van der Waals surface area contributed by atoms with E-state index in [2.05, 4.69) is 181 Å². The Morgan fingerprint density at radius 1 is 0.310 bits per heavy atom. The molecule has 0 atom stereocenters. The van der Waals surface area contributed by atoms with Gasteiger partial charge in [-0.3, -0.25) is 0 Å². The Bertz CT molecular complexity index is 1560. The molecule has 2 heteroatoms. The summed E-state index contributed by atoms with van der Waals surface area (Å²) in [4.78, 5) is 4.63. The standard InChI is InChI=1S/C40H36N2/c1-31-13-23-37(24-14-31)41(35-9-5-3-6-10-35)39-27-19-33(20-28-39)17-18-34-21-29-40(30-22-34)42(36-11-7-4-8-12-36)38-25-15-32(2)16-26-38/h3-16,19-30H,17-18H2,1-2H3. The highest BCUT2D eigenvalue weighted by Gasteiger charge is 2.13. The van der Waals surface area contributed by atoms with Crippen molar-refractivity contribution in [1.82, 2.24) is 0 Å². The lowest BCUT2D eigenvalue weighted by atomic mass is 10.0. The van der Waals surface area contributed by atoms with Crippen LogP contribution >= 0.6 is 0 Å². The van der Waals surface area contributed by atoms with Gasteiger partial charge in [0.25, 0.3) is 0 Å². The van der Waals surface area contributed by atoms with Crippen molar-refractivity contribution in [1.29, 1.82) is 0 Å².